The van der Waals surface area contributed by atoms with Crippen LogP contribution in [0.4, 0.5) is 0 Å². The Labute approximate surface area is 81.4 Å². The van der Waals surface area contributed by atoms with Crippen LogP contribution in [-0.2, 0) is 0 Å². The maximum Gasteiger partial charge on any atom is 0.0177 e. The van der Waals surface area contributed by atoms with E-state index < -0.39 is 0 Å². The Morgan fingerprint density at radius 2 is 2.15 bits per heavy atom. The SMILES string of the molecule is CC=CC(C)/C=C(/C=C\C=N)CC. The van der Waals surface area contributed by atoms with Crippen LogP contribution < -0.4 is 0 Å². The summed E-state index contributed by atoms with van der Waals surface area (Å²) in [5, 5.41) is 6.88. The highest BCUT2D eigenvalue weighted by Crippen LogP contribution is 2.09. The summed E-state index contributed by atoms with van der Waals surface area (Å²) in [6.07, 6.45) is 12.5. The third kappa shape index (κ3) is 6.09. The molecule has 0 heterocycles. The van der Waals surface area contributed by atoms with Crippen LogP contribution in [0.25, 0.3) is 0 Å². The first-order chi connectivity index (χ1) is 6.24. The fourth-order valence-corrected chi connectivity index (χ4v) is 1.16. The number of allylic oxidation sites excluding steroid dienone is 6. The minimum Gasteiger partial charge on any atom is -0.309 e. The van der Waals surface area contributed by atoms with E-state index >= 15 is 0 Å². The van der Waals surface area contributed by atoms with Crippen molar-refractivity contribution in [2.75, 3.05) is 0 Å². The van der Waals surface area contributed by atoms with Crippen LogP contribution in [0.1, 0.15) is 27.2 Å². The minimum atomic E-state index is 0.482. The van der Waals surface area contributed by atoms with Gasteiger partial charge in [-0.25, -0.2) is 0 Å². The molecule has 72 valence electrons. The maximum atomic E-state index is 6.88. The fourth-order valence-electron chi connectivity index (χ4n) is 1.16. The largest absolute Gasteiger partial charge is 0.309 e. The molecule has 0 saturated carbocycles. The molecule has 0 rings (SSSR count). The molecule has 0 spiro atoms. The minimum absolute atomic E-state index is 0.482. The Kier molecular flexibility index (Phi) is 6.89. The molecule has 1 atom stereocenters. The molecule has 0 aliphatic rings. The van der Waals surface area contributed by atoms with Gasteiger partial charge in [-0.15, -0.1) is 0 Å². The molecule has 0 aromatic heterocycles. The van der Waals surface area contributed by atoms with Crippen LogP contribution in [0, 0.1) is 11.3 Å². The summed E-state index contributed by atoms with van der Waals surface area (Å²) in [5.74, 6) is 0.482. The van der Waals surface area contributed by atoms with Crippen LogP contribution in [0.15, 0.2) is 36.0 Å². The summed E-state index contributed by atoms with van der Waals surface area (Å²) in [5.41, 5.74) is 1.29. The summed E-state index contributed by atoms with van der Waals surface area (Å²) in [4.78, 5) is 0. The Morgan fingerprint density at radius 3 is 2.62 bits per heavy atom. The van der Waals surface area contributed by atoms with E-state index in [1.165, 1.54) is 11.8 Å². The predicted octanol–water partition coefficient (Wildman–Crippen LogP) is 3.74. The second-order valence-electron chi connectivity index (χ2n) is 3.01. The lowest BCUT2D eigenvalue weighted by atomic mass is 10.0. The van der Waals surface area contributed by atoms with E-state index in [1.807, 2.05) is 13.0 Å². The van der Waals surface area contributed by atoms with Crippen molar-refractivity contribution >= 4 is 6.21 Å². The van der Waals surface area contributed by atoms with Crippen molar-refractivity contribution in [2.24, 2.45) is 5.92 Å². The van der Waals surface area contributed by atoms with Crippen LogP contribution in [-0.4, -0.2) is 6.21 Å². The van der Waals surface area contributed by atoms with Gasteiger partial charge in [-0.1, -0.05) is 43.7 Å². The Morgan fingerprint density at radius 1 is 1.46 bits per heavy atom. The first kappa shape index (κ1) is 11.9. The molecule has 0 saturated heterocycles. The molecule has 0 bridgehead atoms. The van der Waals surface area contributed by atoms with Gasteiger partial charge in [-0.3, -0.25) is 0 Å². The van der Waals surface area contributed by atoms with Gasteiger partial charge in [0.1, 0.15) is 0 Å². The smallest absolute Gasteiger partial charge is 0.0177 e. The van der Waals surface area contributed by atoms with E-state index in [2.05, 4.69) is 32.1 Å². The first-order valence-corrected chi connectivity index (χ1v) is 4.75. The van der Waals surface area contributed by atoms with Gasteiger partial charge in [0.25, 0.3) is 0 Å². The van der Waals surface area contributed by atoms with Gasteiger partial charge in [0.15, 0.2) is 0 Å². The molecule has 0 fully saturated rings. The molecule has 1 N–H and O–H groups in total. The highest BCUT2D eigenvalue weighted by molar-refractivity contribution is 5.68. The molecule has 0 aromatic carbocycles. The number of hydrogen-bond acceptors (Lipinski definition) is 1. The van der Waals surface area contributed by atoms with Gasteiger partial charge in [-0.05, 0) is 25.3 Å². The van der Waals surface area contributed by atoms with E-state index in [4.69, 9.17) is 5.41 Å². The normalized spacial score (nSPS) is 15.5. The zero-order chi connectivity index (χ0) is 10.1. The third-order valence-corrected chi connectivity index (χ3v) is 1.79. The van der Waals surface area contributed by atoms with Crippen molar-refractivity contribution in [3.05, 3.63) is 36.0 Å². The average molecular weight is 177 g/mol. The van der Waals surface area contributed by atoms with E-state index in [0.717, 1.165) is 6.42 Å². The molecule has 1 unspecified atom stereocenters. The molecule has 0 amide bonds. The molecule has 0 aliphatic carbocycles. The van der Waals surface area contributed by atoms with Gasteiger partial charge in [-0.2, -0.15) is 0 Å². The summed E-state index contributed by atoms with van der Waals surface area (Å²) in [6.45, 7) is 6.32. The van der Waals surface area contributed by atoms with Crippen LogP contribution in [0.3, 0.4) is 0 Å². The maximum absolute atomic E-state index is 6.88. The van der Waals surface area contributed by atoms with Gasteiger partial charge in [0, 0.05) is 6.21 Å². The molecule has 1 nitrogen and oxygen atoms in total. The molecule has 0 aromatic rings. The van der Waals surface area contributed by atoms with Crippen LogP contribution in [0.5, 0.6) is 0 Å². The molecule has 0 radical (unpaired) electrons. The first-order valence-electron chi connectivity index (χ1n) is 4.75. The predicted molar refractivity (Wildman–Crippen MR) is 60.3 cm³/mol. The van der Waals surface area contributed by atoms with Crippen molar-refractivity contribution in [3.8, 4) is 0 Å². The van der Waals surface area contributed by atoms with E-state index in [1.54, 1.807) is 6.08 Å². The highest BCUT2D eigenvalue weighted by Gasteiger charge is 1.92. The second-order valence-corrected chi connectivity index (χ2v) is 3.01. The fraction of sp³-hybridized carbons (Fsp3) is 0.417. The number of nitrogens with one attached hydrogen (secondary N) is 1. The summed E-state index contributed by atoms with van der Waals surface area (Å²) in [6, 6.07) is 0. The van der Waals surface area contributed by atoms with Crippen LogP contribution >= 0.6 is 0 Å². The summed E-state index contributed by atoms with van der Waals surface area (Å²) in [7, 11) is 0. The number of hydrogen-bond donors (Lipinski definition) is 1. The van der Waals surface area contributed by atoms with Crippen molar-refractivity contribution in [3.63, 3.8) is 0 Å². The van der Waals surface area contributed by atoms with Gasteiger partial charge >= 0.3 is 0 Å². The van der Waals surface area contributed by atoms with Gasteiger partial charge in [0.05, 0.1) is 0 Å². The topological polar surface area (TPSA) is 23.9 Å². The molecular weight excluding hydrogens is 158 g/mol. The Bertz CT molecular complexity index is 221. The van der Waals surface area contributed by atoms with E-state index in [0.29, 0.717) is 5.92 Å². The van der Waals surface area contributed by atoms with Crippen LogP contribution in [0.2, 0.25) is 0 Å². The Hall–Kier alpha value is -1.11. The highest BCUT2D eigenvalue weighted by atomic mass is 14.3. The van der Waals surface area contributed by atoms with Gasteiger partial charge < -0.3 is 5.41 Å². The number of rotatable bonds is 5. The van der Waals surface area contributed by atoms with Crippen molar-refractivity contribution in [2.45, 2.75) is 27.2 Å². The lowest BCUT2D eigenvalue weighted by Crippen LogP contribution is -1.85. The molecular formula is C12H19N. The lowest BCUT2D eigenvalue weighted by Gasteiger charge is -2.01. The Balaban J connectivity index is 4.36. The third-order valence-electron chi connectivity index (χ3n) is 1.79. The molecule has 13 heavy (non-hydrogen) atoms. The summed E-state index contributed by atoms with van der Waals surface area (Å²) < 4.78 is 0. The average Bonchev–Trinajstić information content (AvgIpc) is 2.12. The van der Waals surface area contributed by atoms with Crippen molar-refractivity contribution in [1.29, 1.82) is 5.41 Å². The monoisotopic (exact) mass is 177 g/mol. The standard InChI is InChI=1S/C12H19N/c1-4-7-11(3)10-12(5-2)8-6-9-13/h4,6-11,13H,5H2,1-3H3/b7-4?,8-6-,12-10+,13-9?. The molecule has 1 heteroatoms. The van der Waals surface area contributed by atoms with Crippen molar-refractivity contribution < 1.29 is 0 Å². The zero-order valence-electron chi connectivity index (χ0n) is 8.75. The summed E-state index contributed by atoms with van der Waals surface area (Å²) >= 11 is 0. The van der Waals surface area contributed by atoms with E-state index in [-0.39, 0.29) is 0 Å². The quantitative estimate of drug-likeness (QED) is 0.376. The van der Waals surface area contributed by atoms with Crippen molar-refractivity contribution in [1.82, 2.24) is 0 Å². The van der Waals surface area contributed by atoms with E-state index in [9.17, 15) is 0 Å². The zero-order valence-corrected chi connectivity index (χ0v) is 8.75. The lowest BCUT2D eigenvalue weighted by molar-refractivity contribution is 0.915. The second kappa shape index (κ2) is 7.53. The van der Waals surface area contributed by atoms with Gasteiger partial charge in [0.2, 0.25) is 0 Å². The molecule has 0 aliphatic heterocycles.